The van der Waals surface area contributed by atoms with Crippen LogP contribution in [0.2, 0.25) is 0 Å². The molecular weight excluding hydrogens is 376 g/mol. The van der Waals surface area contributed by atoms with Crippen LogP contribution in [0, 0.1) is 30.6 Å². The summed E-state index contributed by atoms with van der Waals surface area (Å²) in [5.41, 5.74) is 6.62. The van der Waals surface area contributed by atoms with Gasteiger partial charge in [0.25, 0.3) is 0 Å². The number of pyridine rings is 1. The Kier molecular flexibility index (Phi) is 6.60. The fraction of sp³-hybridized carbons (Fsp3) is 0.304. The molecule has 1 aliphatic rings. The number of benzene rings is 1. The smallest absolute Gasteiger partial charge is 0.172 e. The number of nitrogens with one attached hydrogen (secondary N) is 3. The molecule has 0 spiro atoms. The fourth-order valence-electron chi connectivity index (χ4n) is 3.37. The highest BCUT2D eigenvalue weighted by Crippen LogP contribution is 2.32. The summed E-state index contributed by atoms with van der Waals surface area (Å²) >= 11 is 0. The number of aryl methyl sites for hydroxylation is 1. The second-order valence-corrected chi connectivity index (χ2v) is 7.17. The molecule has 7 nitrogen and oxygen atoms in total. The lowest BCUT2D eigenvalue weighted by atomic mass is 9.96. The Bertz CT molecular complexity index is 1060. The summed E-state index contributed by atoms with van der Waals surface area (Å²) in [6.45, 7) is 9.79. The quantitative estimate of drug-likeness (QED) is 0.391. The summed E-state index contributed by atoms with van der Waals surface area (Å²) in [5, 5.41) is 23.6. The van der Waals surface area contributed by atoms with Crippen LogP contribution in [0.4, 0.5) is 0 Å². The SMILES string of the molecule is C=C1OCc2c1ccc(CCNC/C(=N/C(=N)c1cc(C)c(C#N)cn1)NC)c2C. The van der Waals surface area contributed by atoms with Crippen LogP contribution in [0.25, 0.3) is 5.76 Å². The van der Waals surface area contributed by atoms with Gasteiger partial charge in [0.1, 0.15) is 30.0 Å². The molecule has 1 aliphatic heterocycles. The number of rotatable bonds is 6. The average molecular weight is 403 g/mol. The largest absolute Gasteiger partial charge is 0.489 e. The summed E-state index contributed by atoms with van der Waals surface area (Å²) in [6, 6.07) is 8.01. The van der Waals surface area contributed by atoms with Gasteiger partial charge in [-0.25, -0.2) is 4.99 Å². The van der Waals surface area contributed by atoms with Crippen molar-refractivity contribution in [1.29, 1.82) is 10.7 Å². The number of hydrogen-bond donors (Lipinski definition) is 3. The molecule has 154 valence electrons. The molecule has 0 atom stereocenters. The zero-order valence-electron chi connectivity index (χ0n) is 17.6. The van der Waals surface area contributed by atoms with Crippen molar-refractivity contribution in [3.63, 3.8) is 0 Å². The van der Waals surface area contributed by atoms with Crippen LogP contribution in [0.5, 0.6) is 0 Å². The van der Waals surface area contributed by atoms with E-state index in [1.807, 2.05) is 6.92 Å². The van der Waals surface area contributed by atoms with Crippen LogP contribution < -0.4 is 10.6 Å². The lowest BCUT2D eigenvalue weighted by molar-refractivity contribution is 0.286. The minimum Gasteiger partial charge on any atom is -0.489 e. The zero-order valence-corrected chi connectivity index (χ0v) is 17.6. The molecule has 1 aromatic carbocycles. The third kappa shape index (κ3) is 4.56. The van der Waals surface area contributed by atoms with E-state index in [2.05, 4.69) is 52.3 Å². The molecule has 0 saturated carbocycles. The van der Waals surface area contributed by atoms with Gasteiger partial charge in [0.05, 0.1) is 12.1 Å². The maximum absolute atomic E-state index is 9.01. The van der Waals surface area contributed by atoms with Gasteiger partial charge in [0, 0.05) is 24.4 Å². The standard InChI is InChI=1S/C23H26N6O/c1-14-9-21(28-11-18(14)10-24)23(25)29-22(26-4)12-27-8-7-17-5-6-19-16(3)30-13-20(19)15(17)2/h5-6,9,11,27H,3,7-8,12-13H2,1-2,4H3,(H2,25,26,29). The summed E-state index contributed by atoms with van der Waals surface area (Å²) in [7, 11) is 1.78. The van der Waals surface area contributed by atoms with Crippen LogP contribution in [0.15, 0.2) is 36.0 Å². The maximum Gasteiger partial charge on any atom is 0.172 e. The predicted octanol–water partition coefficient (Wildman–Crippen LogP) is 2.85. The first kappa shape index (κ1) is 21.2. The first-order chi connectivity index (χ1) is 14.4. The Hall–Kier alpha value is -3.50. The number of aliphatic imine (C=N–C) groups is 1. The summed E-state index contributed by atoms with van der Waals surface area (Å²) in [6.07, 6.45) is 2.36. The minimum absolute atomic E-state index is 0.0587. The number of ether oxygens (including phenoxy) is 1. The van der Waals surface area contributed by atoms with E-state index < -0.39 is 0 Å². The molecule has 0 bridgehead atoms. The van der Waals surface area contributed by atoms with Crippen LogP contribution in [-0.2, 0) is 17.8 Å². The lowest BCUT2D eigenvalue weighted by Gasteiger charge is -2.11. The second kappa shape index (κ2) is 9.33. The van der Waals surface area contributed by atoms with Gasteiger partial charge in [0.15, 0.2) is 5.84 Å². The van der Waals surface area contributed by atoms with E-state index >= 15 is 0 Å². The molecule has 0 aliphatic carbocycles. The van der Waals surface area contributed by atoms with E-state index in [1.165, 1.54) is 22.9 Å². The first-order valence-electron chi connectivity index (χ1n) is 9.79. The van der Waals surface area contributed by atoms with Crippen LogP contribution in [0.1, 0.15) is 39.1 Å². The van der Waals surface area contributed by atoms with Gasteiger partial charge in [-0.15, -0.1) is 0 Å². The molecule has 0 saturated heterocycles. The van der Waals surface area contributed by atoms with E-state index in [9.17, 15) is 0 Å². The number of likely N-dealkylation sites (N-methyl/N-ethyl adjacent to an activating group) is 1. The van der Waals surface area contributed by atoms with Gasteiger partial charge in [-0.2, -0.15) is 5.26 Å². The zero-order chi connectivity index (χ0) is 21.7. The van der Waals surface area contributed by atoms with E-state index in [-0.39, 0.29) is 5.84 Å². The number of nitrogens with zero attached hydrogens (tertiary/aromatic N) is 3. The second-order valence-electron chi connectivity index (χ2n) is 7.17. The van der Waals surface area contributed by atoms with Gasteiger partial charge < -0.3 is 15.4 Å². The Labute approximate surface area is 177 Å². The Morgan fingerprint density at radius 3 is 2.90 bits per heavy atom. The van der Waals surface area contributed by atoms with Gasteiger partial charge >= 0.3 is 0 Å². The topological polar surface area (TPSA) is 106 Å². The number of amidine groups is 2. The Morgan fingerprint density at radius 1 is 1.40 bits per heavy atom. The number of hydrogen-bond acceptors (Lipinski definition) is 5. The molecule has 3 rings (SSSR count). The van der Waals surface area contributed by atoms with Crippen LogP contribution >= 0.6 is 0 Å². The van der Waals surface area contributed by atoms with Gasteiger partial charge in [0.2, 0.25) is 0 Å². The van der Waals surface area contributed by atoms with Gasteiger partial charge in [-0.1, -0.05) is 18.7 Å². The number of fused-ring (bicyclic) bond motifs is 1. The van der Waals surface area contributed by atoms with Crippen molar-refractivity contribution in [2.45, 2.75) is 26.9 Å². The van der Waals surface area contributed by atoms with E-state index in [1.54, 1.807) is 13.1 Å². The van der Waals surface area contributed by atoms with Crippen molar-refractivity contribution < 1.29 is 4.74 Å². The highest BCUT2D eigenvalue weighted by atomic mass is 16.5. The first-order valence-corrected chi connectivity index (χ1v) is 9.79. The van der Waals surface area contributed by atoms with Crippen molar-refractivity contribution in [2.75, 3.05) is 20.1 Å². The molecule has 0 amide bonds. The molecule has 2 aromatic rings. The van der Waals surface area contributed by atoms with Crippen molar-refractivity contribution in [3.05, 3.63) is 70.0 Å². The highest BCUT2D eigenvalue weighted by molar-refractivity contribution is 6.04. The molecule has 2 heterocycles. The van der Waals surface area contributed by atoms with Crippen molar-refractivity contribution >= 4 is 17.4 Å². The molecule has 3 N–H and O–H groups in total. The number of nitriles is 1. The monoisotopic (exact) mass is 402 g/mol. The number of aromatic nitrogens is 1. The minimum atomic E-state index is 0.0587. The van der Waals surface area contributed by atoms with Crippen molar-refractivity contribution in [3.8, 4) is 6.07 Å². The molecule has 0 unspecified atom stereocenters. The fourth-order valence-corrected chi connectivity index (χ4v) is 3.37. The molecule has 0 fully saturated rings. The van der Waals surface area contributed by atoms with Crippen LogP contribution in [0.3, 0.4) is 0 Å². The Morgan fingerprint density at radius 2 is 2.20 bits per heavy atom. The molecule has 0 radical (unpaired) electrons. The van der Waals surface area contributed by atoms with Gasteiger partial charge in [-0.3, -0.25) is 10.4 Å². The van der Waals surface area contributed by atoms with E-state index in [0.717, 1.165) is 29.9 Å². The average Bonchev–Trinajstić information content (AvgIpc) is 3.12. The molecule has 7 heteroatoms. The predicted molar refractivity (Wildman–Crippen MR) is 119 cm³/mol. The molecule has 30 heavy (non-hydrogen) atoms. The molecular formula is C23H26N6O. The summed E-state index contributed by atoms with van der Waals surface area (Å²) in [5.74, 6) is 1.46. The Balaban J connectivity index is 1.57. The maximum atomic E-state index is 9.01. The van der Waals surface area contributed by atoms with Gasteiger partial charge in [-0.05, 0) is 49.6 Å². The lowest BCUT2D eigenvalue weighted by Crippen LogP contribution is -2.33. The van der Waals surface area contributed by atoms with Crippen molar-refractivity contribution in [1.82, 2.24) is 15.6 Å². The summed E-state index contributed by atoms with van der Waals surface area (Å²) in [4.78, 5) is 8.49. The normalized spacial score (nSPS) is 12.9. The third-order valence-corrected chi connectivity index (χ3v) is 5.27. The van der Waals surface area contributed by atoms with Crippen molar-refractivity contribution in [2.24, 2.45) is 4.99 Å². The highest BCUT2D eigenvalue weighted by Gasteiger charge is 2.19. The molecule has 1 aromatic heterocycles. The third-order valence-electron chi connectivity index (χ3n) is 5.27. The summed E-state index contributed by atoms with van der Waals surface area (Å²) < 4.78 is 5.55. The van der Waals surface area contributed by atoms with E-state index in [4.69, 9.17) is 15.4 Å². The van der Waals surface area contributed by atoms with E-state index in [0.29, 0.717) is 30.2 Å². The van der Waals surface area contributed by atoms with Crippen LogP contribution in [-0.4, -0.2) is 36.8 Å².